The predicted molar refractivity (Wildman–Crippen MR) is 92.8 cm³/mol. The fourth-order valence-corrected chi connectivity index (χ4v) is 4.68. The zero-order chi connectivity index (χ0) is 15.8. The second-order valence-corrected chi connectivity index (χ2v) is 7.57. The third kappa shape index (κ3) is 2.68. The summed E-state index contributed by atoms with van der Waals surface area (Å²) in [5.74, 6) is 0.172. The van der Waals surface area contributed by atoms with Gasteiger partial charge in [0.25, 0.3) is 5.91 Å². The molecule has 3 heterocycles. The molecule has 2 unspecified atom stereocenters. The topological polar surface area (TPSA) is 45.2 Å². The molecule has 23 heavy (non-hydrogen) atoms. The summed E-state index contributed by atoms with van der Waals surface area (Å²) in [6.45, 7) is 3.91. The first kappa shape index (κ1) is 14.8. The Hall–Kier alpha value is -1.72. The first-order valence-corrected chi connectivity index (χ1v) is 9.12. The molecule has 1 amide bonds. The third-order valence-electron chi connectivity index (χ3n) is 4.86. The smallest absolute Gasteiger partial charge is 0.266 e. The maximum Gasteiger partial charge on any atom is 0.266 e. The lowest BCUT2D eigenvalue weighted by atomic mass is 10.1. The minimum atomic E-state index is 0.172. The number of carbonyl (C=O) groups is 1. The molecule has 2 saturated heterocycles. The molecule has 4 rings (SSSR count). The minimum Gasteiger partial charge on any atom is -0.331 e. The van der Waals surface area contributed by atoms with Crippen LogP contribution in [-0.2, 0) is 0 Å². The molecule has 4 nitrogen and oxygen atoms in total. The van der Waals surface area contributed by atoms with Crippen LogP contribution in [0, 0.1) is 6.92 Å². The summed E-state index contributed by atoms with van der Waals surface area (Å²) in [6.07, 6.45) is 3.30. The van der Waals surface area contributed by atoms with Crippen LogP contribution in [0.4, 0.5) is 0 Å². The Labute approximate surface area is 140 Å². The molecule has 2 aliphatic rings. The van der Waals surface area contributed by atoms with Crippen molar-refractivity contribution in [2.24, 2.45) is 0 Å². The number of amides is 1. The summed E-state index contributed by atoms with van der Waals surface area (Å²) >= 11 is 1.53. The zero-order valence-corrected chi connectivity index (χ0v) is 14.1. The molecule has 1 aromatic heterocycles. The van der Waals surface area contributed by atoms with Gasteiger partial charge in [0.05, 0.1) is 10.7 Å². The molecular weight excluding hydrogens is 306 g/mol. The number of nitrogens with zero attached hydrogens (tertiary/aromatic N) is 2. The minimum absolute atomic E-state index is 0.172. The third-order valence-corrected chi connectivity index (χ3v) is 5.82. The molecule has 0 aliphatic carbocycles. The molecular formula is C18H21N3OS. The van der Waals surface area contributed by atoms with Crippen LogP contribution in [-0.4, -0.2) is 41.0 Å². The summed E-state index contributed by atoms with van der Waals surface area (Å²) < 4.78 is 0. The fraction of sp³-hybridized carbons (Fsp3) is 0.444. The van der Waals surface area contributed by atoms with Gasteiger partial charge in [-0.1, -0.05) is 30.3 Å². The van der Waals surface area contributed by atoms with E-state index in [9.17, 15) is 4.79 Å². The van der Waals surface area contributed by atoms with Gasteiger partial charge in [-0.2, -0.15) is 0 Å². The first-order chi connectivity index (χ1) is 11.2. The van der Waals surface area contributed by atoms with Crippen LogP contribution in [0.2, 0.25) is 0 Å². The van der Waals surface area contributed by atoms with Crippen LogP contribution in [0.1, 0.15) is 33.9 Å². The monoisotopic (exact) mass is 327 g/mol. The Morgan fingerprint density at radius 2 is 2.00 bits per heavy atom. The molecule has 2 aliphatic heterocycles. The zero-order valence-electron chi connectivity index (χ0n) is 13.3. The van der Waals surface area contributed by atoms with E-state index in [1.807, 2.05) is 37.3 Å². The average Bonchev–Trinajstić information content (AvgIpc) is 3.06. The van der Waals surface area contributed by atoms with Crippen molar-refractivity contribution in [1.29, 1.82) is 0 Å². The van der Waals surface area contributed by atoms with Gasteiger partial charge in [-0.3, -0.25) is 4.79 Å². The highest BCUT2D eigenvalue weighted by atomic mass is 32.1. The van der Waals surface area contributed by atoms with Gasteiger partial charge in [0.15, 0.2) is 0 Å². The molecule has 2 atom stereocenters. The summed E-state index contributed by atoms with van der Waals surface area (Å²) in [5.41, 5.74) is 1.87. The number of thiazole rings is 1. The van der Waals surface area contributed by atoms with Crippen LogP contribution in [0.5, 0.6) is 0 Å². The standard InChI is InChI=1S/C18H21N3OS/c1-12-20-16(13-5-3-2-4-6-13)17(23-12)18(22)21-14-7-8-15(21)11-19-10-9-14/h2-6,14-15,19H,7-11H2,1H3. The van der Waals surface area contributed by atoms with Crippen molar-refractivity contribution in [3.63, 3.8) is 0 Å². The summed E-state index contributed by atoms with van der Waals surface area (Å²) in [5, 5.41) is 4.41. The first-order valence-electron chi connectivity index (χ1n) is 8.30. The Bertz CT molecular complexity index is 698. The maximum atomic E-state index is 13.3. The van der Waals surface area contributed by atoms with Crippen LogP contribution >= 0.6 is 11.3 Å². The normalized spacial score (nSPS) is 23.8. The molecule has 0 spiro atoms. The van der Waals surface area contributed by atoms with Crippen molar-refractivity contribution in [1.82, 2.24) is 15.2 Å². The van der Waals surface area contributed by atoms with E-state index >= 15 is 0 Å². The lowest BCUT2D eigenvalue weighted by molar-refractivity contribution is 0.0686. The van der Waals surface area contributed by atoms with Crippen LogP contribution < -0.4 is 5.32 Å². The molecule has 2 fully saturated rings. The van der Waals surface area contributed by atoms with Gasteiger partial charge in [-0.25, -0.2) is 4.98 Å². The maximum absolute atomic E-state index is 13.3. The number of rotatable bonds is 2. The molecule has 5 heteroatoms. The highest BCUT2D eigenvalue weighted by Crippen LogP contribution is 2.34. The number of aromatic nitrogens is 1. The summed E-state index contributed by atoms with van der Waals surface area (Å²) in [6, 6.07) is 10.8. The number of carbonyl (C=O) groups excluding carboxylic acids is 1. The number of hydrogen-bond donors (Lipinski definition) is 1. The molecule has 1 aromatic carbocycles. The van der Waals surface area contributed by atoms with E-state index in [4.69, 9.17) is 0 Å². The molecule has 0 radical (unpaired) electrons. The van der Waals surface area contributed by atoms with Gasteiger partial charge in [0.1, 0.15) is 4.88 Å². The van der Waals surface area contributed by atoms with Crippen molar-refractivity contribution < 1.29 is 4.79 Å². The van der Waals surface area contributed by atoms with Crippen LogP contribution in [0.25, 0.3) is 11.3 Å². The van der Waals surface area contributed by atoms with E-state index in [1.54, 1.807) is 0 Å². The van der Waals surface area contributed by atoms with Crippen molar-refractivity contribution >= 4 is 17.2 Å². The summed E-state index contributed by atoms with van der Waals surface area (Å²) in [7, 11) is 0. The molecule has 2 aromatic rings. The van der Waals surface area contributed by atoms with Gasteiger partial charge in [0, 0.05) is 24.2 Å². The second-order valence-electron chi connectivity index (χ2n) is 6.37. The Morgan fingerprint density at radius 3 is 2.83 bits per heavy atom. The van der Waals surface area contributed by atoms with E-state index < -0.39 is 0 Å². The largest absolute Gasteiger partial charge is 0.331 e. The van der Waals surface area contributed by atoms with Crippen molar-refractivity contribution in [2.45, 2.75) is 38.3 Å². The Kier molecular flexibility index (Phi) is 3.91. The molecule has 2 bridgehead atoms. The van der Waals surface area contributed by atoms with Gasteiger partial charge in [0.2, 0.25) is 0 Å². The number of aryl methyl sites for hydroxylation is 1. The van der Waals surface area contributed by atoms with Gasteiger partial charge in [-0.05, 0) is 32.7 Å². The second kappa shape index (κ2) is 6.06. The summed E-state index contributed by atoms with van der Waals surface area (Å²) in [4.78, 5) is 20.9. The highest BCUT2D eigenvalue weighted by molar-refractivity contribution is 7.14. The average molecular weight is 327 g/mol. The van der Waals surface area contributed by atoms with E-state index in [0.29, 0.717) is 12.1 Å². The lowest BCUT2D eigenvalue weighted by Gasteiger charge is -2.27. The Balaban J connectivity index is 1.72. The van der Waals surface area contributed by atoms with Crippen LogP contribution in [0.3, 0.4) is 0 Å². The van der Waals surface area contributed by atoms with Crippen molar-refractivity contribution in [3.8, 4) is 11.3 Å². The van der Waals surface area contributed by atoms with Gasteiger partial charge >= 0.3 is 0 Å². The van der Waals surface area contributed by atoms with Crippen molar-refractivity contribution in [2.75, 3.05) is 13.1 Å². The van der Waals surface area contributed by atoms with E-state index in [2.05, 4.69) is 15.2 Å². The quantitative estimate of drug-likeness (QED) is 0.922. The number of benzene rings is 1. The van der Waals surface area contributed by atoms with Crippen LogP contribution in [0.15, 0.2) is 30.3 Å². The van der Waals surface area contributed by atoms with E-state index in [1.165, 1.54) is 11.3 Å². The molecule has 0 saturated carbocycles. The van der Waals surface area contributed by atoms with Crippen molar-refractivity contribution in [3.05, 3.63) is 40.2 Å². The molecule has 1 N–H and O–H groups in total. The van der Waals surface area contributed by atoms with Gasteiger partial charge in [-0.15, -0.1) is 11.3 Å². The van der Waals surface area contributed by atoms with Gasteiger partial charge < -0.3 is 10.2 Å². The highest BCUT2D eigenvalue weighted by Gasteiger charge is 2.39. The number of nitrogens with one attached hydrogen (secondary N) is 1. The number of hydrogen-bond acceptors (Lipinski definition) is 4. The van der Waals surface area contributed by atoms with E-state index in [-0.39, 0.29) is 5.91 Å². The predicted octanol–water partition coefficient (Wildman–Crippen LogP) is 3.09. The lowest BCUT2D eigenvalue weighted by Crippen LogP contribution is -2.42. The van der Waals surface area contributed by atoms with E-state index in [0.717, 1.165) is 53.5 Å². The molecule has 120 valence electrons. The Morgan fingerprint density at radius 1 is 1.22 bits per heavy atom. The number of fused-ring (bicyclic) bond motifs is 2. The SMILES string of the molecule is Cc1nc(-c2ccccc2)c(C(=O)N2C3CCNCC2CC3)s1. The fourth-order valence-electron chi connectivity index (χ4n) is 3.79.